The van der Waals surface area contributed by atoms with Crippen molar-refractivity contribution in [3.05, 3.63) is 20.3 Å². The number of nitrogens with one attached hydrogen (secondary N) is 1. The average molecular weight is 281 g/mol. The minimum absolute atomic E-state index is 0.674. The molecule has 0 radical (unpaired) electrons. The lowest BCUT2D eigenvalue weighted by atomic mass is 10.2. The van der Waals surface area contributed by atoms with E-state index in [2.05, 4.69) is 41.4 Å². The summed E-state index contributed by atoms with van der Waals surface area (Å²) in [7, 11) is 0. The Morgan fingerprint density at radius 2 is 2.06 bits per heavy atom. The van der Waals surface area contributed by atoms with E-state index in [-0.39, 0.29) is 0 Å². The molecular weight excluding hydrogens is 262 g/mol. The summed E-state index contributed by atoms with van der Waals surface area (Å²) >= 11 is 3.44. The third-order valence-corrected chi connectivity index (χ3v) is 4.26. The van der Waals surface area contributed by atoms with Gasteiger partial charge in [0.2, 0.25) is 0 Å². The number of aryl methyl sites for hydroxylation is 2. The highest BCUT2D eigenvalue weighted by Gasteiger charge is 2.11. The summed E-state index contributed by atoms with van der Waals surface area (Å²) < 4.78 is 0. The second-order valence-electron chi connectivity index (χ2n) is 4.79. The molecule has 0 fully saturated rings. The molecule has 0 aliphatic heterocycles. The van der Waals surface area contributed by atoms with Gasteiger partial charge in [-0.2, -0.15) is 0 Å². The van der Waals surface area contributed by atoms with Gasteiger partial charge in [0, 0.05) is 16.8 Å². The number of aromatic nitrogens is 2. The Labute approximate surface area is 116 Å². The summed E-state index contributed by atoms with van der Waals surface area (Å²) in [6, 6.07) is 0. The summed E-state index contributed by atoms with van der Waals surface area (Å²) in [5, 5.41) is 7.76. The first-order valence-corrected chi connectivity index (χ1v) is 7.85. The lowest BCUT2D eigenvalue weighted by Crippen LogP contribution is -2.18. The Balaban J connectivity index is 2.04. The molecule has 2 aromatic rings. The van der Waals surface area contributed by atoms with Gasteiger partial charge in [-0.15, -0.1) is 22.7 Å². The molecule has 0 saturated carbocycles. The van der Waals surface area contributed by atoms with Crippen molar-refractivity contribution in [1.29, 1.82) is 0 Å². The van der Waals surface area contributed by atoms with E-state index in [1.807, 2.05) is 6.92 Å². The minimum atomic E-state index is 0.674. The molecule has 2 heterocycles. The van der Waals surface area contributed by atoms with Crippen molar-refractivity contribution in [3.8, 4) is 11.4 Å². The predicted molar refractivity (Wildman–Crippen MR) is 79.2 cm³/mol. The van der Waals surface area contributed by atoms with Crippen LogP contribution in [0, 0.1) is 19.8 Å². The zero-order valence-electron chi connectivity index (χ0n) is 11.3. The fourth-order valence-corrected chi connectivity index (χ4v) is 3.31. The van der Waals surface area contributed by atoms with Crippen molar-refractivity contribution in [2.75, 3.05) is 6.54 Å². The van der Waals surface area contributed by atoms with Crippen LogP contribution in [-0.2, 0) is 6.54 Å². The summed E-state index contributed by atoms with van der Waals surface area (Å²) in [4.78, 5) is 10.4. The van der Waals surface area contributed by atoms with Crippen LogP contribution in [0.15, 0.2) is 5.38 Å². The van der Waals surface area contributed by atoms with E-state index in [0.29, 0.717) is 5.92 Å². The average Bonchev–Trinajstić information content (AvgIpc) is 2.85. The van der Waals surface area contributed by atoms with E-state index in [0.717, 1.165) is 34.5 Å². The van der Waals surface area contributed by atoms with E-state index in [9.17, 15) is 0 Å². The minimum Gasteiger partial charge on any atom is -0.310 e. The highest BCUT2D eigenvalue weighted by atomic mass is 32.1. The SMILES string of the molecule is Cc1nc(-c2csc(CNCC(C)C)n2)c(C)s1. The molecule has 0 unspecified atom stereocenters. The number of hydrogen-bond acceptors (Lipinski definition) is 5. The second kappa shape index (κ2) is 5.91. The number of thiazole rings is 2. The maximum absolute atomic E-state index is 4.65. The Bertz CT molecular complexity index is 514. The van der Waals surface area contributed by atoms with Crippen LogP contribution in [0.4, 0.5) is 0 Å². The highest BCUT2D eigenvalue weighted by Crippen LogP contribution is 2.28. The van der Waals surface area contributed by atoms with Crippen LogP contribution in [0.1, 0.15) is 28.7 Å². The Morgan fingerprint density at radius 3 is 2.67 bits per heavy atom. The van der Waals surface area contributed by atoms with E-state index < -0.39 is 0 Å². The van der Waals surface area contributed by atoms with Gasteiger partial charge in [0.1, 0.15) is 16.4 Å². The summed E-state index contributed by atoms with van der Waals surface area (Å²) in [5.41, 5.74) is 2.06. The fraction of sp³-hybridized carbons (Fsp3) is 0.538. The third kappa shape index (κ3) is 3.37. The zero-order chi connectivity index (χ0) is 13.1. The number of nitrogens with zero attached hydrogens (tertiary/aromatic N) is 2. The van der Waals surface area contributed by atoms with Crippen LogP contribution in [0.5, 0.6) is 0 Å². The van der Waals surface area contributed by atoms with Crippen LogP contribution in [0.25, 0.3) is 11.4 Å². The van der Waals surface area contributed by atoms with Crippen molar-refractivity contribution in [1.82, 2.24) is 15.3 Å². The Kier molecular flexibility index (Phi) is 4.48. The first-order chi connectivity index (χ1) is 8.56. The Hall–Kier alpha value is -0.780. The van der Waals surface area contributed by atoms with Gasteiger partial charge in [-0.25, -0.2) is 9.97 Å². The summed E-state index contributed by atoms with van der Waals surface area (Å²) in [6.07, 6.45) is 0. The predicted octanol–water partition coefficient (Wildman–Crippen LogP) is 3.63. The molecule has 0 aromatic carbocycles. The van der Waals surface area contributed by atoms with Crippen LogP contribution in [0.3, 0.4) is 0 Å². The fourth-order valence-electron chi connectivity index (χ4n) is 1.74. The van der Waals surface area contributed by atoms with E-state index in [4.69, 9.17) is 0 Å². The molecule has 0 amide bonds. The quantitative estimate of drug-likeness (QED) is 0.909. The van der Waals surface area contributed by atoms with Crippen LogP contribution in [-0.4, -0.2) is 16.5 Å². The third-order valence-electron chi connectivity index (χ3n) is 2.53. The van der Waals surface area contributed by atoms with Gasteiger partial charge in [0.25, 0.3) is 0 Å². The van der Waals surface area contributed by atoms with E-state index in [1.54, 1.807) is 22.7 Å². The first kappa shape index (κ1) is 13.6. The van der Waals surface area contributed by atoms with Crippen molar-refractivity contribution in [2.24, 2.45) is 5.92 Å². The van der Waals surface area contributed by atoms with Gasteiger partial charge in [0.05, 0.1) is 5.01 Å². The molecule has 0 spiro atoms. The molecule has 5 heteroatoms. The van der Waals surface area contributed by atoms with Crippen LogP contribution in [0.2, 0.25) is 0 Å². The molecule has 2 rings (SSSR count). The smallest absolute Gasteiger partial charge is 0.107 e. The summed E-state index contributed by atoms with van der Waals surface area (Å²) in [6.45, 7) is 10.5. The van der Waals surface area contributed by atoms with Crippen molar-refractivity contribution in [3.63, 3.8) is 0 Å². The summed E-state index contributed by atoms with van der Waals surface area (Å²) in [5.74, 6) is 0.674. The standard InChI is InChI=1S/C13H19N3S2/c1-8(2)5-14-6-12-16-11(7-17-12)13-9(3)18-10(4)15-13/h7-8,14H,5-6H2,1-4H3. The van der Waals surface area contributed by atoms with Gasteiger partial charge in [0.15, 0.2) is 0 Å². The van der Waals surface area contributed by atoms with Crippen LogP contribution >= 0.6 is 22.7 Å². The van der Waals surface area contributed by atoms with Crippen molar-refractivity contribution < 1.29 is 0 Å². The Morgan fingerprint density at radius 1 is 1.28 bits per heavy atom. The normalized spacial score (nSPS) is 11.4. The lowest BCUT2D eigenvalue weighted by Gasteiger charge is -2.04. The molecule has 98 valence electrons. The van der Waals surface area contributed by atoms with Crippen molar-refractivity contribution >= 4 is 22.7 Å². The molecule has 0 aliphatic rings. The molecule has 1 N–H and O–H groups in total. The second-order valence-corrected chi connectivity index (χ2v) is 7.14. The van der Waals surface area contributed by atoms with Crippen LogP contribution < -0.4 is 5.32 Å². The number of hydrogen-bond donors (Lipinski definition) is 1. The van der Waals surface area contributed by atoms with E-state index in [1.165, 1.54) is 4.88 Å². The highest BCUT2D eigenvalue weighted by molar-refractivity contribution is 7.12. The van der Waals surface area contributed by atoms with Gasteiger partial charge < -0.3 is 5.32 Å². The van der Waals surface area contributed by atoms with E-state index >= 15 is 0 Å². The van der Waals surface area contributed by atoms with Gasteiger partial charge >= 0.3 is 0 Å². The molecule has 0 saturated heterocycles. The molecular formula is C13H19N3S2. The largest absolute Gasteiger partial charge is 0.310 e. The lowest BCUT2D eigenvalue weighted by molar-refractivity contribution is 0.551. The number of rotatable bonds is 5. The molecule has 3 nitrogen and oxygen atoms in total. The monoisotopic (exact) mass is 281 g/mol. The molecule has 0 aliphatic carbocycles. The zero-order valence-corrected chi connectivity index (χ0v) is 12.9. The van der Waals surface area contributed by atoms with Gasteiger partial charge in [-0.3, -0.25) is 0 Å². The molecule has 0 bridgehead atoms. The molecule has 2 aromatic heterocycles. The maximum atomic E-state index is 4.65. The maximum Gasteiger partial charge on any atom is 0.107 e. The van der Waals surface area contributed by atoms with Gasteiger partial charge in [-0.05, 0) is 26.3 Å². The van der Waals surface area contributed by atoms with Gasteiger partial charge in [-0.1, -0.05) is 13.8 Å². The van der Waals surface area contributed by atoms with Crippen molar-refractivity contribution in [2.45, 2.75) is 34.2 Å². The molecule has 0 atom stereocenters. The topological polar surface area (TPSA) is 37.8 Å². The first-order valence-electron chi connectivity index (χ1n) is 6.15. The molecule has 18 heavy (non-hydrogen) atoms.